The predicted molar refractivity (Wildman–Crippen MR) is 133 cm³/mol. The Bertz CT molecular complexity index is 1290. The molecule has 2 aliphatic rings. The number of hydrogen-bond acceptors (Lipinski definition) is 5. The predicted octanol–water partition coefficient (Wildman–Crippen LogP) is 4.01. The second kappa shape index (κ2) is 9.64. The van der Waals surface area contributed by atoms with Gasteiger partial charge in [-0.25, -0.2) is 8.42 Å². The average molecular weight is 527 g/mol. The first-order valence-electron chi connectivity index (χ1n) is 11.2. The highest BCUT2D eigenvalue weighted by Crippen LogP contribution is 2.43. The third kappa shape index (κ3) is 4.78. The lowest BCUT2D eigenvalue weighted by Crippen LogP contribution is -2.39. The van der Waals surface area contributed by atoms with E-state index in [4.69, 9.17) is 27.9 Å². The van der Waals surface area contributed by atoms with Crippen molar-refractivity contribution in [3.05, 3.63) is 66.0 Å². The Kier molecular flexibility index (Phi) is 7.16. The highest BCUT2D eigenvalue weighted by Gasteiger charge is 2.36. The van der Waals surface area contributed by atoms with E-state index in [2.05, 4.69) is 4.98 Å². The van der Waals surface area contributed by atoms with Crippen LogP contribution in [-0.2, 0) is 27.5 Å². The largest absolute Gasteiger partial charge is 0.376 e. The average Bonchev–Trinajstić information content (AvgIpc) is 2.76. The van der Waals surface area contributed by atoms with Crippen molar-refractivity contribution in [2.24, 2.45) is 5.92 Å². The summed E-state index contributed by atoms with van der Waals surface area (Å²) in [6, 6.07) is 3.63. The SMILES string of the molecule is COC(c1cc(Cl)c2c(c1Cl)C(=O)N(Cc1c(C)cc(C)[nH]c1=O)CC2)C1CCS(=O)(=O)CC1. The summed E-state index contributed by atoms with van der Waals surface area (Å²) in [7, 11) is -1.48. The zero-order valence-electron chi connectivity index (χ0n) is 19.4. The van der Waals surface area contributed by atoms with E-state index in [1.54, 1.807) is 18.1 Å². The first kappa shape index (κ1) is 25.2. The molecule has 1 amide bonds. The maximum atomic E-state index is 13.6. The molecule has 3 heterocycles. The molecule has 7 nitrogen and oxygen atoms in total. The van der Waals surface area contributed by atoms with Crippen LogP contribution in [0.3, 0.4) is 0 Å². The van der Waals surface area contributed by atoms with E-state index < -0.39 is 15.9 Å². The van der Waals surface area contributed by atoms with Gasteiger partial charge < -0.3 is 14.6 Å². The van der Waals surface area contributed by atoms with Crippen LogP contribution in [0.25, 0.3) is 0 Å². The minimum Gasteiger partial charge on any atom is -0.376 e. The number of carbonyl (C=O) groups excluding carboxylic acids is 1. The standard InChI is InChI=1S/C24H28Cl2N2O5S/c1-13-10-14(2)27-23(29)18(13)12-28-7-4-16-19(25)11-17(21(26)20(16)24(28)30)22(33-3)15-5-8-34(31,32)9-6-15/h10-11,15,22H,4-9,12H2,1-3H3,(H,27,29). The van der Waals surface area contributed by atoms with Gasteiger partial charge in [0, 0.05) is 35.5 Å². The second-order valence-electron chi connectivity index (χ2n) is 9.18. The zero-order valence-corrected chi connectivity index (χ0v) is 21.7. The van der Waals surface area contributed by atoms with Crippen molar-refractivity contribution in [1.82, 2.24) is 9.88 Å². The molecule has 0 radical (unpaired) electrons. The number of aryl methyl sites for hydroxylation is 2. The number of amides is 1. The van der Waals surface area contributed by atoms with Gasteiger partial charge in [0.15, 0.2) is 0 Å². The molecule has 2 aliphatic heterocycles. The van der Waals surface area contributed by atoms with Crippen molar-refractivity contribution in [3.8, 4) is 0 Å². The number of nitrogens with one attached hydrogen (secondary N) is 1. The number of fused-ring (bicyclic) bond motifs is 1. The Morgan fingerprint density at radius 2 is 1.85 bits per heavy atom. The van der Waals surface area contributed by atoms with Gasteiger partial charge in [0.1, 0.15) is 9.84 Å². The van der Waals surface area contributed by atoms with Gasteiger partial charge in [-0.05, 0) is 62.3 Å². The number of aromatic nitrogens is 1. The number of H-pyrrole nitrogens is 1. The Hall–Kier alpha value is -1.87. The molecule has 0 aliphatic carbocycles. The van der Waals surface area contributed by atoms with E-state index in [0.29, 0.717) is 53.1 Å². The van der Waals surface area contributed by atoms with Crippen LogP contribution in [0.4, 0.5) is 0 Å². The summed E-state index contributed by atoms with van der Waals surface area (Å²) in [5, 5.41) is 0.723. The molecular formula is C24H28Cl2N2O5S. The van der Waals surface area contributed by atoms with Gasteiger partial charge in [0.2, 0.25) is 0 Å². The van der Waals surface area contributed by atoms with Gasteiger partial charge >= 0.3 is 0 Å². The highest BCUT2D eigenvalue weighted by atomic mass is 35.5. The van der Waals surface area contributed by atoms with Crippen molar-refractivity contribution in [1.29, 1.82) is 0 Å². The van der Waals surface area contributed by atoms with Crippen LogP contribution in [-0.4, -0.2) is 49.4 Å². The maximum absolute atomic E-state index is 13.6. The number of carbonyl (C=O) groups is 1. The van der Waals surface area contributed by atoms with E-state index >= 15 is 0 Å². The third-order valence-corrected chi connectivity index (χ3v) is 9.37. The summed E-state index contributed by atoms with van der Waals surface area (Å²) >= 11 is 13.4. The van der Waals surface area contributed by atoms with Gasteiger partial charge in [-0.2, -0.15) is 0 Å². The molecule has 1 saturated heterocycles. The fraction of sp³-hybridized carbons (Fsp3) is 0.500. The summed E-state index contributed by atoms with van der Waals surface area (Å²) in [6.07, 6.45) is 0.960. The Morgan fingerprint density at radius 3 is 2.47 bits per heavy atom. The van der Waals surface area contributed by atoms with Crippen LogP contribution in [0.5, 0.6) is 0 Å². The van der Waals surface area contributed by atoms with Crippen LogP contribution in [0, 0.1) is 19.8 Å². The molecule has 1 aromatic carbocycles. The summed E-state index contributed by atoms with van der Waals surface area (Å²) in [5.41, 5.74) is 3.54. The number of hydrogen-bond donors (Lipinski definition) is 1. The van der Waals surface area contributed by atoms with Crippen LogP contribution >= 0.6 is 23.2 Å². The molecule has 10 heteroatoms. The fourth-order valence-corrected chi connectivity index (χ4v) is 7.26. The topological polar surface area (TPSA) is 96.5 Å². The van der Waals surface area contributed by atoms with Crippen LogP contribution in [0.15, 0.2) is 16.9 Å². The molecule has 1 atom stereocenters. The number of nitrogens with zero attached hydrogens (tertiary/aromatic N) is 1. The first-order valence-corrected chi connectivity index (χ1v) is 13.8. The lowest BCUT2D eigenvalue weighted by Gasteiger charge is -2.33. The van der Waals surface area contributed by atoms with E-state index in [-0.39, 0.29) is 40.5 Å². The summed E-state index contributed by atoms with van der Waals surface area (Å²) in [5.74, 6) is -0.130. The number of rotatable bonds is 5. The minimum atomic E-state index is -3.03. The Morgan fingerprint density at radius 1 is 1.18 bits per heavy atom. The molecule has 1 aromatic heterocycles. The lowest BCUT2D eigenvalue weighted by molar-refractivity contribution is 0.0468. The van der Waals surface area contributed by atoms with Crippen LogP contribution in [0.2, 0.25) is 10.0 Å². The second-order valence-corrected chi connectivity index (χ2v) is 12.3. The number of methoxy groups -OCH3 is 1. The van der Waals surface area contributed by atoms with Gasteiger partial charge in [0.25, 0.3) is 11.5 Å². The van der Waals surface area contributed by atoms with Crippen molar-refractivity contribution in [2.45, 2.75) is 45.8 Å². The summed E-state index contributed by atoms with van der Waals surface area (Å²) < 4.78 is 29.5. The van der Waals surface area contributed by atoms with Crippen LogP contribution < -0.4 is 5.56 Å². The van der Waals surface area contributed by atoms with E-state index in [1.165, 1.54) is 0 Å². The van der Waals surface area contributed by atoms with Crippen LogP contribution in [0.1, 0.15) is 57.3 Å². The van der Waals surface area contributed by atoms with E-state index in [9.17, 15) is 18.0 Å². The molecule has 1 fully saturated rings. The maximum Gasteiger partial charge on any atom is 0.256 e. The number of benzene rings is 1. The smallest absolute Gasteiger partial charge is 0.256 e. The summed E-state index contributed by atoms with van der Waals surface area (Å²) in [6.45, 7) is 4.27. The van der Waals surface area contributed by atoms with Crippen molar-refractivity contribution >= 4 is 38.9 Å². The van der Waals surface area contributed by atoms with Gasteiger partial charge in [0.05, 0.1) is 34.7 Å². The fourth-order valence-electron chi connectivity index (χ4n) is 5.07. The van der Waals surface area contributed by atoms with Gasteiger partial charge in [-0.3, -0.25) is 9.59 Å². The molecule has 184 valence electrons. The lowest BCUT2D eigenvalue weighted by atomic mass is 9.87. The minimum absolute atomic E-state index is 0.0521. The molecular weight excluding hydrogens is 499 g/mol. The third-order valence-electron chi connectivity index (χ3n) is 6.91. The molecule has 34 heavy (non-hydrogen) atoms. The molecule has 0 spiro atoms. The van der Waals surface area contributed by atoms with E-state index in [1.807, 2.05) is 19.9 Å². The van der Waals surface area contributed by atoms with E-state index in [0.717, 1.165) is 11.3 Å². The number of pyridine rings is 1. The number of ether oxygens (including phenoxy) is 1. The molecule has 0 saturated carbocycles. The van der Waals surface area contributed by atoms with Gasteiger partial charge in [-0.15, -0.1) is 0 Å². The normalized spacial score (nSPS) is 19.2. The Labute approximate surface area is 209 Å². The molecule has 4 rings (SSSR count). The molecule has 2 aromatic rings. The van der Waals surface area contributed by atoms with Gasteiger partial charge in [-0.1, -0.05) is 23.2 Å². The molecule has 1 unspecified atom stereocenters. The highest BCUT2D eigenvalue weighted by molar-refractivity contribution is 7.91. The molecule has 1 N–H and O–H groups in total. The quantitative estimate of drug-likeness (QED) is 0.634. The molecule has 0 bridgehead atoms. The number of sulfone groups is 1. The first-order chi connectivity index (χ1) is 16.0. The van der Waals surface area contributed by atoms with Crippen molar-refractivity contribution in [3.63, 3.8) is 0 Å². The summed E-state index contributed by atoms with van der Waals surface area (Å²) in [4.78, 5) is 30.5. The van der Waals surface area contributed by atoms with Crippen molar-refractivity contribution in [2.75, 3.05) is 25.2 Å². The number of halogens is 2. The zero-order chi connectivity index (χ0) is 24.8. The monoisotopic (exact) mass is 526 g/mol. The Balaban J connectivity index is 1.68. The van der Waals surface area contributed by atoms with Crippen molar-refractivity contribution < 1.29 is 17.9 Å². The number of aromatic amines is 1.